The van der Waals surface area contributed by atoms with Crippen LogP contribution in [0.25, 0.3) is 21.5 Å². The van der Waals surface area contributed by atoms with Gasteiger partial charge in [-0.1, -0.05) is 97.4 Å². The summed E-state index contributed by atoms with van der Waals surface area (Å²) in [5.41, 5.74) is 1.52. The minimum Gasteiger partial charge on any atom is -0.462 e. The Morgan fingerprint density at radius 3 is 1.87 bits per heavy atom. The van der Waals surface area contributed by atoms with Crippen molar-refractivity contribution in [3.63, 3.8) is 0 Å². The second-order valence-corrected chi connectivity index (χ2v) is 20.3. The number of hydrogen-bond acceptors (Lipinski definition) is 8. The summed E-state index contributed by atoms with van der Waals surface area (Å²) in [5.74, 6) is 0.347. The number of ether oxygens (including phenoxy) is 4. The molecule has 0 aromatic heterocycles. The lowest BCUT2D eigenvalue weighted by atomic mass is 9.86. The number of rotatable bonds is 12. The first-order valence-corrected chi connectivity index (χ1v) is 23.8. The first-order valence-electron chi connectivity index (χ1n) is 22.3. The van der Waals surface area contributed by atoms with Gasteiger partial charge in [0, 0.05) is 14.5 Å². The maximum atomic E-state index is 12.9. The van der Waals surface area contributed by atoms with E-state index in [0.29, 0.717) is 0 Å². The Kier molecular flexibility index (Phi) is 14.0. The summed E-state index contributed by atoms with van der Waals surface area (Å²) in [5, 5.41) is 4.53. The molecule has 4 saturated carbocycles. The molecule has 4 aliphatic rings. The quantitative estimate of drug-likeness (QED) is 0.102. The summed E-state index contributed by atoms with van der Waals surface area (Å²) in [4.78, 5) is 50.4. The zero-order chi connectivity index (χ0) is 43.7. The molecule has 0 saturated heterocycles. The maximum absolute atomic E-state index is 12.9. The van der Waals surface area contributed by atoms with Crippen molar-refractivity contribution in [2.75, 3.05) is 0 Å². The van der Waals surface area contributed by atoms with E-state index in [4.69, 9.17) is 18.9 Å². The van der Waals surface area contributed by atoms with E-state index in [1.807, 2.05) is 84.9 Å². The van der Waals surface area contributed by atoms with Gasteiger partial charge in [-0.3, -0.25) is 19.2 Å². The van der Waals surface area contributed by atoms with Crippen LogP contribution in [0.3, 0.4) is 0 Å². The molecule has 4 aliphatic carbocycles. The third-order valence-electron chi connectivity index (χ3n) is 14.4. The average molecular weight is 961 g/mol. The highest BCUT2D eigenvalue weighted by atomic mass is 79.9. The lowest BCUT2D eigenvalue weighted by molar-refractivity contribution is -0.165. The van der Waals surface area contributed by atoms with Crippen LogP contribution in [-0.4, -0.2) is 36.1 Å². The Morgan fingerprint density at radius 1 is 0.656 bits per heavy atom. The van der Waals surface area contributed by atoms with E-state index in [9.17, 15) is 19.2 Å². The molecular weight excluding hydrogens is 900 g/mol. The minimum absolute atomic E-state index is 0.0346. The molecule has 4 fully saturated rings. The molecule has 0 spiro atoms. The Bertz CT molecular complexity index is 2270. The van der Waals surface area contributed by atoms with Gasteiger partial charge in [0.15, 0.2) is 0 Å². The number of fused-ring (bicyclic) bond motifs is 6. The predicted molar refractivity (Wildman–Crippen MR) is 244 cm³/mol. The topological polar surface area (TPSA) is 105 Å². The van der Waals surface area contributed by atoms with Crippen LogP contribution < -0.4 is 0 Å². The van der Waals surface area contributed by atoms with Crippen molar-refractivity contribution >= 4 is 77.3 Å². The molecule has 0 heterocycles. The third kappa shape index (κ3) is 9.75. The first kappa shape index (κ1) is 45.3. The van der Waals surface area contributed by atoms with Crippen molar-refractivity contribution in [2.45, 2.75) is 124 Å². The molecule has 8 nitrogen and oxygen atoms in total. The van der Waals surface area contributed by atoms with E-state index < -0.39 is 5.41 Å². The maximum Gasteiger partial charge on any atom is 0.311 e. The average Bonchev–Trinajstić information content (AvgIpc) is 4.06. The third-order valence-corrected chi connectivity index (χ3v) is 16.0. The number of benzene rings is 4. The van der Waals surface area contributed by atoms with E-state index in [1.54, 1.807) is 0 Å². The summed E-state index contributed by atoms with van der Waals surface area (Å²) in [6.45, 7) is 13.6. The molecule has 8 rings (SSSR count). The van der Waals surface area contributed by atoms with E-state index >= 15 is 0 Å². The number of hydrogen-bond donors (Lipinski definition) is 0. The van der Waals surface area contributed by atoms with E-state index in [0.717, 1.165) is 93.0 Å². The van der Waals surface area contributed by atoms with Gasteiger partial charge in [0.05, 0.1) is 23.2 Å². The van der Waals surface area contributed by atoms with Crippen LogP contribution in [0.2, 0.25) is 0 Å². The Labute approximate surface area is 377 Å². The Balaban J connectivity index is 0.000000184. The van der Waals surface area contributed by atoms with Crippen molar-refractivity contribution in [1.29, 1.82) is 0 Å². The molecule has 11 unspecified atom stereocenters. The standard InChI is InChI=1S/C26H31BrO4.C25H29BrO4/c1-5-26(3,4)25(29)31-23-14-18-12-19(23)13-21(18)24(28)30-15(2)16-9-10-20-17(11-16)7-6-8-22(20)27;1-4-14(2)24(27)30-22-13-17-11-18(22)12-21(17)25(28)29-15(3)19-10-9-16-7-5-6-8-20(16)23(19)26/h6-11,15,18-19,21,23H,5,12-14H2,1-4H3;5-10,14-15,17-18,21-22H,4,11-13H2,1-3H3. The summed E-state index contributed by atoms with van der Waals surface area (Å²) in [6.07, 6.45) is 5.80. The predicted octanol–water partition coefficient (Wildman–Crippen LogP) is 12.8. The second-order valence-electron chi connectivity index (χ2n) is 18.7. The molecule has 10 heteroatoms. The smallest absolute Gasteiger partial charge is 0.311 e. The number of halogens is 2. The highest BCUT2D eigenvalue weighted by Crippen LogP contribution is 2.52. The van der Waals surface area contributed by atoms with Gasteiger partial charge < -0.3 is 18.9 Å². The number of esters is 4. The first-order chi connectivity index (χ1) is 29.1. The fourth-order valence-electron chi connectivity index (χ4n) is 9.92. The van der Waals surface area contributed by atoms with E-state index in [2.05, 4.69) is 68.3 Å². The van der Waals surface area contributed by atoms with Gasteiger partial charge in [0.25, 0.3) is 0 Å². The highest BCUT2D eigenvalue weighted by Gasteiger charge is 2.52. The van der Waals surface area contributed by atoms with Crippen molar-refractivity contribution in [2.24, 2.45) is 46.8 Å². The molecule has 0 amide bonds. The lowest BCUT2D eigenvalue weighted by Gasteiger charge is -2.30. The molecule has 0 N–H and O–H groups in total. The van der Waals surface area contributed by atoms with Gasteiger partial charge in [-0.05, 0) is 158 Å². The molecular formula is C51H60Br2O8. The summed E-state index contributed by atoms with van der Waals surface area (Å²) in [7, 11) is 0. The van der Waals surface area contributed by atoms with E-state index in [1.165, 1.54) is 0 Å². The van der Waals surface area contributed by atoms with Crippen LogP contribution in [0.4, 0.5) is 0 Å². The molecule has 11 atom stereocenters. The number of carbonyl (C=O) groups is 4. The SMILES string of the molecule is CCC(C)(C)C(=O)OC1CC2CC1CC2C(=O)OC(C)c1ccc2c(Br)cccc2c1.CCC(C)C(=O)OC1CC2CC1CC2C(=O)OC(C)c1ccc2ccccc2c1Br. The summed E-state index contributed by atoms with van der Waals surface area (Å²) >= 11 is 7.28. The second kappa shape index (κ2) is 18.9. The zero-order valence-electron chi connectivity index (χ0n) is 36.5. The summed E-state index contributed by atoms with van der Waals surface area (Å²) < 4.78 is 25.4. The van der Waals surface area contributed by atoms with E-state index in [-0.39, 0.29) is 89.7 Å². The molecule has 4 aromatic carbocycles. The van der Waals surface area contributed by atoms with Crippen LogP contribution in [0, 0.1) is 46.8 Å². The normalized spacial score (nSPS) is 26.6. The van der Waals surface area contributed by atoms with Gasteiger partial charge >= 0.3 is 23.9 Å². The van der Waals surface area contributed by atoms with Crippen molar-refractivity contribution in [3.8, 4) is 0 Å². The highest BCUT2D eigenvalue weighted by molar-refractivity contribution is 9.11. The van der Waals surface area contributed by atoms with Crippen LogP contribution >= 0.6 is 31.9 Å². The van der Waals surface area contributed by atoms with Crippen LogP contribution in [-0.2, 0) is 38.1 Å². The van der Waals surface area contributed by atoms with Crippen LogP contribution in [0.5, 0.6) is 0 Å². The number of carbonyl (C=O) groups excluding carboxylic acids is 4. The fourth-order valence-corrected chi connectivity index (χ4v) is 11.2. The molecule has 0 radical (unpaired) electrons. The minimum atomic E-state index is -0.453. The van der Waals surface area contributed by atoms with Gasteiger partial charge in [-0.25, -0.2) is 0 Å². The van der Waals surface area contributed by atoms with Crippen LogP contribution in [0.15, 0.2) is 81.7 Å². The molecule has 4 aromatic rings. The van der Waals surface area contributed by atoms with Crippen LogP contribution in [0.1, 0.15) is 123 Å². The van der Waals surface area contributed by atoms with Crippen molar-refractivity contribution < 1.29 is 38.1 Å². The summed E-state index contributed by atoms with van der Waals surface area (Å²) in [6, 6.07) is 24.5. The van der Waals surface area contributed by atoms with Gasteiger partial charge in [-0.15, -0.1) is 0 Å². The lowest BCUT2D eigenvalue weighted by Crippen LogP contribution is -2.35. The van der Waals surface area contributed by atoms with Crippen molar-refractivity contribution in [3.05, 3.63) is 92.9 Å². The van der Waals surface area contributed by atoms with Gasteiger partial charge in [-0.2, -0.15) is 0 Å². The molecule has 61 heavy (non-hydrogen) atoms. The van der Waals surface area contributed by atoms with Gasteiger partial charge in [0.1, 0.15) is 24.4 Å². The largest absolute Gasteiger partial charge is 0.462 e. The fraction of sp³-hybridized carbons (Fsp3) is 0.529. The molecule has 0 aliphatic heterocycles. The monoisotopic (exact) mass is 958 g/mol. The zero-order valence-corrected chi connectivity index (χ0v) is 39.6. The Hall–Kier alpha value is -3.76. The molecule has 4 bridgehead atoms. The molecule has 326 valence electrons. The van der Waals surface area contributed by atoms with Gasteiger partial charge in [0.2, 0.25) is 0 Å². The Morgan fingerprint density at radius 2 is 1.26 bits per heavy atom. The van der Waals surface area contributed by atoms with Crippen molar-refractivity contribution in [1.82, 2.24) is 0 Å².